The topological polar surface area (TPSA) is 58.2 Å². The van der Waals surface area contributed by atoms with Crippen LogP contribution in [0, 0.1) is 5.41 Å². The van der Waals surface area contributed by atoms with E-state index in [9.17, 15) is 8.42 Å². The van der Waals surface area contributed by atoms with Gasteiger partial charge in [0.15, 0.2) is 0 Å². The van der Waals surface area contributed by atoms with Gasteiger partial charge in [-0.05, 0) is 43.0 Å². The lowest BCUT2D eigenvalue weighted by Gasteiger charge is -2.23. The summed E-state index contributed by atoms with van der Waals surface area (Å²) in [5.74, 6) is 0. The largest absolute Gasteiger partial charge is 0.313 e. The van der Waals surface area contributed by atoms with E-state index in [1.807, 2.05) is 13.1 Å². The van der Waals surface area contributed by atoms with E-state index >= 15 is 0 Å². The van der Waals surface area contributed by atoms with Gasteiger partial charge in [-0.3, -0.25) is 0 Å². The average molecular weight is 312 g/mol. The van der Waals surface area contributed by atoms with Crippen molar-refractivity contribution in [2.24, 2.45) is 5.41 Å². The molecule has 0 spiro atoms. The second kappa shape index (κ2) is 7.38. The van der Waals surface area contributed by atoms with E-state index in [1.165, 1.54) is 0 Å². The molecule has 1 aromatic carbocycles. The Balaban J connectivity index is 2.96. The van der Waals surface area contributed by atoms with Crippen molar-refractivity contribution in [3.8, 4) is 0 Å². The van der Waals surface area contributed by atoms with Crippen molar-refractivity contribution in [2.75, 3.05) is 13.6 Å². The van der Waals surface area contributed by atoms with E-state index < -0.39 is 10.0 Å². The standard InChI is InChI=1S/C16H28N2O2S/c1-6-15(17-5)13-9-8-10-14(11-13)21(19,20)18-12-16(3,4)7-2/h8-11,15,17-18H,6-7,12H2,1-5H3. The second-order valence-electron chi connectivity index (χ2n) is 6.16. The fourth-order valence-electron chi connectivity index (χ4n) is 2.00. The highest BCUT2D eigenvalue weighted by Gasteiger charge is 2.21. The Kier molecular flexibility index (Phi) is 6.38. The van der Waals surface area contributed by atoms with E-state index in [0.29, 0.717) is 11.4 Å². The molecule has 0 fully saturated rings. The van der Waals surface area contributed by atoms with Crippen LogP contribution in [0.25, 0.3) is 0 Å². The fraction of sp³-hybridized carbons (Fsp3) is 0.625. The predicted octanol–water partition coefficient (Wildman–Crippen LogP) is 3.07. The molecule has 0 aromatic heterocycles. The molecule has 0 heterocycles. The van der Waals surface area contributed by atoms with E-state index in [-0.39, 0.29) is 11.5 Å². The van der Waals surface area contributed by atoms with Gasteiger partial charge < -0.3 is 5.32 Å². The van der Waals surface area contributed by atoms with E-state index in [2.05, 4.69) is 37.7 Å². The molecule has 21 heavy (non-hydrogen) atoms. The third-order valence-electron chi connectivity index (χ3n) is 4.03. The SMILES string of the molecule is CCC(NC)c1cccc(S(=O)(=O)NCC(C)(C)CC)c1. The third kappa shape index (κ3) is 5.09. The van der Waals surface area contributed by atoms with Gasteiger partial charge in [-0.1, -0.05) is 39.8 Å². The van der Waals surface area contributed by atoms with Crippen LogP contribution < -0.4 is 10.0 Å². The van der Waals surface area contributed by atoms with Crippen LogP contribution >= 0.6 is 0 Å². The predicted molar refractivity (Wildman–Crippen MR) is 87.8 cm³/mol. The normalized spacial score (nSPS) is 14.1. The van der Waals surface area contributed by atoms with Crippen molar-refractivity contribution < 1.29 is 8.42 Å². The van der Waals surface area contributed by atoms with Crippen LogP contribution in [-0.2, 0) is 10.0 Å². The molecule has 120 valence electrons. The maximum Gasteiger partial charge on any atom is 0.240 e. The Morgan fingerprint density at radius 2 is 1.90 bits per heavy atom. The first-order valence-corrected chi connectivity index (χ1v) is 9.01. The molecule has 0 aliphatic heterocycles. The maximum absolute atomic E-state index is 12.4. The molecular formula is C16H28N2O2S. The minimum absolute atomic E-state index is 0.0401. The highest BCUT2D eigenvalue weighted by atomic mass is 32.2. The van der Waals surface area contributed by atoms with Crippen LogP contribution in [-0.4, -0.2) is 22.0 Å². The highest BCUT2D eigenvalue weighted by Crippen LogP contribution is 2.22. The van der Waals surface area contributed by atoms with Gasteiger partial charge in [0.25, 0.3) is 0 Å². The summed E-state index contributed by atoms with van der Waals surface area (Å²) in [4.78, 5) is 0.334. The van der Waals surface area contributed by atoms with Crippen molar-refractivity contribution in [1.29, 1.82) is 0 Å². The zero-order valence-corrected chi connectivity index (χ0v) is 14.5. The molecule has 0 aliphatic carbocycles. The molecule has 2 N–H and O–H groups in total. The van der Waals surface area contributed by atoms with Crippen molar-refractivity contribution in [3.05, 3.63) is 29.8 Å². The minimum Gasteiger partial charge on any atom is -0.313 e. The first-order valence-electron chi connectivity index (χ1n) is 7.52. The number of rotatable bonds is 8. The smallest absolute Gasteiger partial charge is 0.240 e. The Bertz CT molecular complexity index is 549. The molecule has 0 radical (unpaired) electrons. The number of hydrogen-bond acceptors (Lipinski definition) is 3. The molecule has 1 unspecified atom stereocenters. The average Bonchev–Trinajstić information content (AvgIpc) is 2.47. The van der Waals surface area contributed by atoms with Crippen LogP contribution in [0.4, 0.5) is 0 Å². The van der Waals surface area contributed by atoms with Crippen LogP contribution in [0.5, 0.6) is 0 Å². The molecule has 1 rings (SSSR count). The lowest BCUT2D eigenvalue weighted by atomic mass is 9.91. The molecular weight excluding hydrogens is 284 g/mol. The summed E-state index contributed by atoms with van der Waals surface area (Å²) in [7, 11) is -1.57. The lowest BCUT2D eigenvalue weighted by Crippen LogP contribution is -2.33. The van der Waals surface area contributed by atoms with E-state index in [1.54, 1.807) is 18.2 Å². The van der Waals surface area contributed by atoms with Crippen molar-refractivity contribution in [1.82, 2.24) is 10.0 Å². The van der Waals surface area contributed by atoms with Crippen LogP contribution in [0.3, 0.4) is 0 Å². The molecule has 0 aliphatic rings. The molecule has 0 bridgehead atoms. The van der Waals surface area contributed by atoms with Gasteiger partial charge in [0.2, 0.25) is 10.0 Å². The van der Waals surface area contributed by atoms with Gasteiger partial charge in [-0.15, -0.1) is 0 Å². The Morgan fingerprint density at radius 3 is 2.43 bits per heavy atom. The molecule has 4 nitrogen and oxygen atoms in total. The lowest BCUT2D eigenvalue weighted by molar-refractivity contribution is 0.350. The quantitative estimate of drug-likeness (QED) is 0.775. The van der Waals surface area contributed by atoms with Gasteiger partial charge in [-0.2, -0.15) is 0 Å². The minimum atomic E-state index is -3.45. The number of benzene rings is 1. The highest BCUT2D eigenvalue weighted by molar-refractivity contribution is 7.89. The summed E-state index contributed by atoms with van der Waals surface area (Å²) in [6.45, 7) is 8.69. The van der Waals surface area contributed by atoms with E-state index in [0.717, 1.165) is 18.4 Å². The van der Waals surface area contributed by atoms with Crippen LogP contribution in [0.1, 0.15) is 52.1 Å². The molecule has 1 atom stereocenters. The van der Waals surface area contributed by atoms with E-state index in [4.69, 9.17) is 0 Å². The summed E-state index contributed by atoms with van der Waals surface area (Å²) in [6, 6.07) is 7.33. The van der Waals surface area contributed by atoms with Crippen LogP contribution in [0.2, 0.25) is 0 Å². The van der Waals surface area contributed by atoms with Gasteiger partial charge in [0.1, 0.15) is 0 Å². The summed E-state index contributed by atoms with van der Waals surface area (Å²) < 4.78 is 27.5. The number of nitrogens with one attached hydrogen (secondary N) is 2. The molecule has 1 aromatic rings. The Morgan fingerprint density at radius 1 is 1.24 bits per heavy atom. The summed E-state index contributed by atoms with van der Waals surface area (Å²) in [5.41, 5.74) is 0.958. The summed E-state index contributed by atoms with van der Waals surface area (Å²) in [5, 5.41) is 3.20. The third-order valence-corrected chi connectivity index (χ3v) is 5.42. The Labute approximate surface area is 129 Å². The van der Waals surface area contributed by atoms with Crippen LogP contribution in [0.15, 0.2) is 29.2 Å². The first kappa shape index (κ1) is 18.1. The summed E-state index contributed by atoms with van der Waals surface area (Å²) >= 11 is 0. The molecule has 5 heteroatoms. The van der Waals surface area contributed by atoms with Gasteiger partial charge >= 0.3 is 0 Å². The number of hydrogen-bond donors (Lipinski definition) is 2. The molecule has 0 saturated carbocycles. The molecule has 0 amide bonds. The second-order valence-corrected chi connectivity index (χ2v) is 7.93. The zero-order valence-electron chi connectivity index (χ0n) is 13.7. The van der Waals surface area contributed by atoms with Crippen molar-refractivity contribution in [3.63, 3.8) is 0 Å². The fourth-order valence-corrected chi connectivity index (χ4v) is 3.30. The monoisotopic (exact) mass is 312 g/mol. The zero-order chi connectivity index (χ0) is 16.1. The van der Waals surface area contributed by atoms with Gasteiger partial charge in [0.05, 0.1) is 4.90 Å². The maximum atomic E-state index is 12.4. The van der Waals surface area contributed by atoms with Gasteiger partial charge in [-0.25, -0.2) is 13.1 Å². The van der Waals surface area contributed by atoms with Crippen molar-refractivity contribution >= 4 is 10.0 Å². The van der Waals surface area contributed by atoms with Crippen molar-refractivity contribution in [2.45, 2.75) is 51.5 Å². The van der Waals surface area contributed by atoms with Gasteiger partial charge in [0, 0.05) is 12.6 Å². The summed E-state index contributed by atoms with van der Waals surface area (Å²) in [6.07, 6.45) is 1.84. The molecule has 0 saturated heterocycles. The first-order chi connectivity index (χ1) is 9.75. The Hall–Kier alpha value is -0.910. The number of sulfonamides is 1.